The summed E-state index contributed by atoms with van der Waals surface area (Å²) in [7, 11) is 0. The summed E-state index contributed by atoms with van der Waals surface area (Å²) in [5.74, 6) is 1.14. The first-order valence-corrected chi connectivity index (χ1v) is 7.59. The number of unbranched alkanes of at least 4 members (excludes halogenated alkanes) is 1. The van der Waals surface area contributed by atoms with Crippen molar-refractivity contribution in [3.05, 3.63) is 0 Å². The number of nitrogens with zero attached hydrogens (tertiary/aromatic N) is 1. The van der Waals surface area contributed by atoms with Crippen LogP contribution in [0.3, 0.4) is 0 Å². The predicted molar refractivity (Wildman–Crippen MR) is 70.8 cm³/mol. The highest BCUT2D eigenvalue weighted by atomic mass is 32.2. The fourth-order valence-corrected chi connectivity index (χ4v) is 2.23. The zero-order valence-corrected chi connectivity index (χ0v) is 11.6. The Bertz CT molecular complexity index is 131. The lowest BCUT2D eigenvalue weighted by Crippen LogP contribution is -2.43. The first kappa shape index (κ1) is 15.3. The fourth-order valence-electron chi connectivity index (χ4n) is 1.65. The molecule has 0 N–H and O–H groups in total. The molecular formula is C12H27NOS. The molecule has 1 fully saturated rings. The quantitative estimate of drug-likeness (QED) is 0.724. The van der Waals surface area contributed by atoms with Crippen LogP contribution < -0.4 is 0 Å². The summed E-state index contributed by atoms with van der Waals surface area (Å²) in [6.45, 7) is 10.7. The first-order chi connectivity index (χ1) is 7.36. The third kappa shape index (κ3) is 7.20. The highest BCUT2D eigenvalue weighted by Gasteiger charge is 2.18. The molecule has 1 heterocycles. The van der Waals surface area contributed by atoms with E-state index in [-0.39, 0.29) is 0 Å². The van der Waals surface area contributed by atoms with Gasteiger partial charge in [-0.3, -0.25) is 4.90 Å². The van der Waals surface area contributed by atoms with E-state index in [4.69, 9.17) is 4.74 Å². The van der Waals surface area contributed by atoms with E-state index < -0.39 is 0 Å². The van der Waals surface area contributed by atoms with E-state index >= 15 is 0 Å². The molecule has 2 nitrogen and oxygen atoms in total. The number of ether oxygens (including phenoxy) is 1. The molecule has 0 spiro atoms. The number of thioether (sulfide) groups is 1. The van der Waals surface area contributed by atoms with Crippen LogP contribution >= 0.6 is 11.8 Å². The van der Waals surface area contributed by atoms with Crippen molar-refractivity contribution in [2.24, 2.45) is 0 Å². The SMILES string of the molecule is CC.CCCCN1CCOC(CSC)C1. The first-order valence-electron chi connectivity index (χ1n) is 6.19. The number of hydrogen-bond acceptors (Lipinski definition) is 3. The fraction of sp³-hybridized carbons (Fsp3) is 1.00. The van der Waals surface area contributed by atoms with Gasteiger partial charge >= 0.3 is 0 Å². The van der Waals surface area contributed by atoms with Crippen LogP contribution in [0.2, 0.25) is 0 Å². The summed E-state index contributed by atoms with van der Waals surface area (Å²) < 4.78 is 5.67. The molecule has 1 aliphatic rings. The molecule has 3 heteroatoms. The smallest absolute Gasteiger partial charge is 0.0792 e. The van der Waals surface area contributed by atoms with Gasteiger partial charge in [0.15, 0.2) is 0 Å². The molecule has 1 saturated heterocycles. The summed E-state index contributed by atoms with van der Waals surface area (Å²) in [5.41, 5.74) is 0. The summed E-state index contributed by atoms with van der Waals surface area (Å²) in [5, 5.41) is 0. The Morgan fingerprint density at radius 2 is 2.13 bits per heavy atom. The molecule has 1 unspecified atom stereocenters. The van der Waals surface area contributed by atoms with Crippen LogP contribution in [0.25, 0.3) is 0 Å². The van der Waals surface area contributed by atoms with E-state index in [0.29, 0.717) is 6.10 Å². The van der Waals surface area contributed by atoms with Gasteiger partial charge < -0.3 is 4.74 Å². The Kier molecular flexibility index (Phi) is 11.0. The van der Waals surface area contributed by atoms with Gasteiger partial charge in [0.1, 0.15) is 0 Å². The van der Waals surface area contributed by atoms with Gasteiger partial charge in [0.05, 0.1) is 12.7 Å². The summed E-state index contributed by atoms with van der Waals surface area (Å²) in [6, 6.07) is 0. The molecule has 0 aromatic heterocycles. The third-order valence-corrected chi connectivity index (χ3v) is 3.11. The molecule has 1 aliphatic heterocycles. The maximum absolute atomic E-state index is 5.67. The average molecular weight is 233 g/mol. The van der Waals surface area contributed by atoms with Gasteiger partial charge in [0, 0.05) is 18.8 Å². The van der Waals surface area contributed by atoms with Crippen LogP contribution in [0, 0.1) is 0 Å². The molecule has 1 rings (SSSR count). The summed E-state index contributed by atoms with van der Waals surface area (Å²) in [6.07, 6.45) is 5.24. The lowest BCUT2D eigenvalue weighted by Gasteiger charge is -2.32. The Labute approximate surface area is 99.8 Å². The topological polar surface area (TPSA) is 12.5 Å². The molecule has 1 atom stereocenters. The Morgan fingerprint density at radius 1 is 1.40 bits per heavy atom. The molecule has 92 valence electrons. The predicted octanol–water partition coefficient (Wildman–Crippen LogP) is 2.88. The van der Waals surface area contributed by atoms with Gasteiger partial charge in [-0.2, -0.15) is 11.8 Å². The molecule has 0 saturated carbocycles. The lowest BCUT2D eigenvalue weighted by molar-refractivity contribution is -0.0159. The monoisotopic (exact) mass is 233 g/mol. The molecule has 15 heavy (non-hydrogen) atoms. The summed E-state index contributed by atoms with van der Waals surface area (Å²) >= 11 is 1.88. The lowest BCUT2D eigenvalue weighted by atomic mass is 10.2. The average Bonchev–Trinajstić information content (AvgIpc) is 2.30. The van der Waals surface area contributed by atoms with Crippen LogP contribution in [0.5, 0.6) is 0 Å². The highest BCUT2D eigenvalue weighted by Crippen LogP contribution is 2.10. The molecule has 0 radical (unpaired) electrons. The van der Waals surface area contributed by atoms with Gasteiger partial charge in [-0.1, -0.05) is 27.2 Å². The Morgan fingerprint density at radius 3 is 2.73 bits per heavy atom. The Hall–Kier alpha value is 0.270. The van der Waals surface area contributed by atoms with Crippen LogP contribution in [0.15, 0.2) is 0 Å². The van der Waals surface area contributed by atoms with Crippen molar-refractivity contribution in [1.82, 2.24) is 4.90 Å². The van der Waals surface area contributed by atoms with Crippen molar-refractivity contribution < 1.29 is 4.74 Å². The van der Waals surface area contributed by atoms with E-state index in [1.165, 1.54) is 19.4 Å². The largest absolute Gasteiger partial charge is 0.375 e. The second-order valence-corrected chi connectivity index (χ2v) is 4.51. The van der Waals surface area contributed by atoms with Crippen LogP contribution in [-0.4, -0.2) is 49.3 Å². The van der Waals surface area contributed by atoms with Gasteiger partial charge in [-0.05, 0) is 19.2 Å². The molecule has 0 aromatic carbocycles. The molecule has 0 amide bonds. The van der Waals surface area contributed by atoms with Crippen molar-refractivity contribution in [2.75, 3.05) is 38.2 Å². The number of morpholine rings is 1. The normalized spacial score (nSPS) is 22.0. The zero-order chi connectivity index (χ0) is 11.5. The van der Waals surface area contributed by atoms with Crippen LogP contribution in [-0.2, 0) is 4.74 Å². The maximum Gasteiger partial charge on any atom is 0.0792 e. The maximum atomic E-state index is 5.67. The number of hydrogen-bond donors (Lipinski definition) is 0. The van der Waals surface area contributed by atoms with E-state index in [9.17, 15) is 0 Å². The molecular weight excluding hydrogens is 206 g/mol. The van der Waals surface area contributed by atoms with Crippen molar-refractivity contribution in [1.29, 1.82) is 0 Å². The molecule has 0 aliphatic carbocycles. The van der Waals surface area contributed by atoms with E-state index in [2.05, 4.69) is 18.1 Å². The van der Waals surface area contributed by atoms with Crippen molar-refractivity contribution in [3.63, 3.8) is 0 Å². The third-order valence-electron chi connectivity index (χ3n) is 2.40. The van der Waals surface area contributed by atoms with Crippen molar-refractivity contribution in [2.45, 2.75) is 39.7 Å². The van der Waals surface area contributed by atoms with Crippen LogP contribution in [0.1, 0.15) is 33.6 Å². The van der Waals surface area contributed by atoms with E-state index in [1.807, 2.05) is 25.6 Å². The zero-order valence-electron chi connectivity index (χ0n) is 10.8. The molecule has 0 bridgehead atoms. The van der Waals surface area contributed by atoms with E-state index in [0.717, 1.165) is 25.4 Å². The highest BCUT2D eigenvalue weighted by molar-refractivity contribution is 7.98. The van der Waals surface area contributed by atoms with Crippen molar-refractivity contribution in [3.8, 4) is 0 Å². The Balaban J connectivity index is 0.000000921. The van der Waals surface area contributed by atoms with Gasteiger partial charge in [0.25, 0.3) is 0 Å². The van der Waals surface area contributed by atoms with Gasteiger partial charge in [0.2, 0.25) is 0 Å². The number of rotatable bonds is 5. The second kappa shape index (κ2) is 10.8. The van der Waals surface area contributed by atoms with Gasteiger partial charge in [-0.25, -0.2) is 0 Å². The minimum Gasteiger partial charge on any atom is -0.375 e. The van der Waals surface area contributed by atoms with Crippen molar-refractivity contribution >= 4 is 11.8 Å². The van der Waals surface area contributed by atoms with E-state index in [1.54, 1.807) is 0 Å². The summed E-state index contributed by atoms with van der Waals surface area (Å²) in [4.78, 5) is 2.54. The second-order valence-electron chi connectivity index (χ2n) is 3.60. The molecule has 0 aromatic rings. The van der Waals surface area contributed by atoms with Gasteiger partial charge in [-0.15, -0.1) is 0 Å². The minimum atomic E-state index is 0.473. The minimum absolute atomic E-state index is 0.473. The standard InChI is InChI=1S/C10H21NOS.C2H6/c1-3-4-5-11-6-7-12-10(8-11)9-13-2;1-2/h10H,3-9H2,1-2H3;1-2H3. The van der Waals surface area contributed by atoms with Crippen LogP contribution in [0.4, 0.5) is 0 Å².